The first kappa shape index (κ1) is 19.0. The summed E-state index contributed by atoms with van der Waals surface area (Å²) in [5.74, 6) is 2.13. The van der Waals surface area contributed by atoms with Gasteiger partial charge in [0.25, 0.3) is 5.91 Å². The van der Waals surface area contributed by atoms with Crippen molar-refractivity contribution in [3.63, 3.8) is 0 Å². The summed E-state index contributed by atoms with van der Waals surface area (Å²) in [5.41, 5.74) is 1.86. The molecule has 1 amide bonds. The van der Waals surface area contributed by atoms with Crippen molar-refractivity contribution in [3.8, 4) is 5.75 Å². The van der Waals surface area contributed by atoms with Crippen molar-refractivity contribution in [2.24, 2.45) is 5.92 Å². The highest BCUT2D eigenvalue weighted by Gasteiger charge is 2.19. The Morgan fingerprint density at radius 2 is 1.78 bits per heavy atom. The molecule has 1 fully saturated rings. The first-order valence-electron chi connectivity index (χ1n) is 9.45. The number of rotatable bonds is 6. The van der Waals surface area contributed by atoms with E-state index in [4.69, 9.17) is 4.74 Å². The molecule has 0 atom stereocenters. The van der Waals surface area contributed by atoms with Crippen LogP contribution in [-0.2, 0) is 0 Å². The second kappa shape index (κ2) is 8.75. The van der Waals surface area contributed by atoms with Crippen molar-refractivity contribution in [1.82, 2.24) is 10.3 Å². The maximum absolute atomic E-state index is 12.3. The molecule has 2 heterocycles. The van der Waals surface area contributed by atoms with Gasteiger partial charge in [-0.15, -0.1) is 0 Å². The van der Waals surface area contributed by atoms with Gasteiger partial charge in [-0.05, 0) is 42.3 Å². The van der Waals surface area contributed by atoms with Gasteiger partial charge in [-0.25, -0.2) is 4.98 Å². The molecule has 0 saturated carbocycles. The van der Waals surface area contributed by atoms with E-state index < -0.39 is 0 Å². The number of hydrogen-bond acceptors (Lipinski definition) is 5. The average molecular weight is 368 g/mol. The Hall–Kier alpha value is -2.76. The van der Waals surface area contributed by atoms with Crippen LogP contribution in [-0.4, -0.2) is 50.7 Å². The number of nitrogens with one attached hydrogen (secondary N) is 1. The number of hydrogen-bond donors (Lipinski definition) is 1. The van der Waals surface area contributed by atoms with Crippen LogP contribution in [0.1, 0.15) is 24.2 Å². The Labute approximate surface area is 161 Å². The average Bonchev–Trinajstić information content (AvgIpc) is 2.72. The highest BCUT2D eigenvalue weighted by molar-refractivity contribution is 5.94. The van der Waals surface area contributed by atoms with Gasteiger partial charge in [-0.2, -0.15) is 0 Å². The number of anilines is 2. The molecule has 0 unspecified atom stereocenters. The van der Waals surface area contributed by atoms with E-state index in [0.717, 1.165) is 37.7 Å². The van der Waals surface area contributed by atoms with Crippen molar-refractivity contribution in [2.45, 2.75) is 13.8 Å². The number of benzene rings is 1. The van der Waals surface area contributed by atoms with Crippen LogP contribution in [0.15, 0.2) is 42.6 Å². The van der Waals surface area contributed by atoms with Gasteiger partial charge in [0.1, 0.15) is 11.6 Å². The monoisotopic (exact) mass is 368 g/mol. The number of methoxy groups -OCH3 is 1. The van der Waals surface area contributed by atoms with E-state index in [2.05, 4.69) is 46.1 Å². The van der Waals surface area contributed by atoms with Crippen molar-refractivity contribution in [3.05, 3.63) is 48.2 Å². The standard InChI is InChI=1S/C21H28N4O2/c1-16(2)15-23-21(26)17-8-9-22-20(14-17)25-12-10-24(11-13-25)18-4-6-19(27-3)7-5-18/h4-9,14,16H,10-13,15H2,1-3H3,(H,23,26). The fourth-order valence-corrected chi connectivity index (χ4v) is 3.12. The molecule has 1 aliphatic heterocycles. The van der Waals surface area contributed by atoms with Gasteiger partial charge in [0.2, 0.25) is 0 Å². The third-order valence-corrected chi connectivity index (χ3v) is 4.72. The van der Waals surface area contributed by atoms with Crippen LogP contribution in [0.5, 0.6) is 5.75 Å². The molecule has 1 aliphatic rings. The summed E-state index contributed by atoms with van der Waals surface area (Å²) in [6.45, 7) is 8.42. The fourth-order valence-electron chi connectivity index (χ4n) is 3.12. The van der Waals surface area contributed by atoms with E-state index in [0.29, 0.717) is 18.0 Å². The van der Waals surface area contributed by atoms with Gasteiger partial charge in [0.15, 0.2) is 0 Å². The number of piperazine rings is 1. The highest BCUT2D eigenvalue weighted by atomic mass is 16.5. The van der Waals surface area contributed by atoms with Crippen LogP contribution in [0.25, 0.3) is 0 Å². The summed E-state index contributed by atoms with van der Waals surface area (Å²) in [5, 5.41) is 2.96. The predicted molar refractivity (Wildman–Crippen MR) is 109 cm³/mol. The first-order valence-corrected chi connectivity index (χ1v) is 9.45. The quantitative estimate of drug-likeness (QED) is 0.850. The van der Waals surface area contributed by atoms with Crippen LogP contribution >= 0.6 is 0 Å². The smallest absolute Gasteiger partial charge is 0.251 e. The number of carbonyl (C=O) groups is 1. The third kappa shape index (κ3) is 4.90. The van der Waals surface area contributed by atoms with Gasteiger partial charge < -0.3 is 19.9 Å². The number of nitrogens with zero attached hydrogens (tertiary/aromatic N) is 3. The van der Waals surface area contributed by atoms with Gasteiger partial charge >= 0.3 is 0 Å². The molecule has 1 aromatic heterocycles. The lowest BCUT2D eigenvalue weighted by molar-refractivity contribution is 0.0949. The summed E-state index contributed by atoms with van der Waals surface area (Å²) in [4.78, 5) is 21.4. The number of pyridine rings is 1. The maximum Gasteiger partial charge on any atom is 0.251 e. The SMILES string of the molecule is COc1ccc(N2CCN(c3cc(C(=O)NCC(C)C)ccn3)CC2)cc1. The van der Waals surface area contributed by atoms with E-state index in [-0.39, 0.29) is 5.91 Å². The molecule has 144 valence electrons. The molecule has 27 heavy (non-hydrogen) atoms. The molecule has 1 saturated heterocycles. The Morgan fingerprint density at radius 1 is 1.11 bits per heavy atom. The zero-order valence-corrected chi connectivity index (χ0v) is 16.3. The Balaban J connectivity index is 1.60. The van der Waals surface area contributed by atoms with Crippen LogP contribution in [0, 0.1) is 5.92 Å². The first-order chi connectivity index (χ1) is 13.1. The van der Waals surface area contributed by atoms with Crippen LogP contribution in [0.3, 0.4) is 0 Å². The number of ether oxygens (including phenoxy) is 1. The second-order valence-corrected chi connectivity index (χ2v) is 7.18. The minimum atomic E-state index is -0.0378. The third-order valence-electron chi connectivity index (χ3n) is 4.72. The predicted octanol–water partition coefficient (Wildman–Crippen LogP) is 2.80. The summed E-state index contributed by atoms with van der Waals surface area (Å²) in [7, 11) is 1.68. The molecule has 6 heteroatoms. The van der Waals surface area contributed by atoms with Gasteiger partial charge in [0.05, 0.1) is 7.11 Å². The summed E-state index contributed by atoms with van der Waals surface area (Å²) in [6, 6.07) is 11.8. The van der Waals surface area contributed by atoms with Crippen LogP contribution in [0.2, 0.25) is 0 Å². The molecule has 0 bridgehead atoms. The Kier molecular flexibility index (Phi) is 6.16. The molecule has 6 nitrogen and oxygen atoms in total. The van der Waals surface area contributed by atoms with Crippen molar-refractivity contribution in [2.75, 3.05) is 49.6 Å². The van der Waals surface area contributed by atoms with E-state index >= 15 is 0 Å². The number of amides is 1. The lowest BCUT2D eigenvalue weighted by Crippen LogP contribution is -2.46. The molecule has 0 radical (unpaired) electrons. The molecule has 0 aliphatic carbocycles. The maximum atomic E-state index is 12.3. The topological polar surface area (TPSA) is 57.7 Å². The zero-order chi connectivity index (χ0) is 19.2. The minimum absolute atomic E-state index is 0.0378. The van der Waals surface area contributed by atoms with E-state index in [1.807, 2.05) is 18.2 Å². The Bertz CT molecular complexity index is 753. The molecule has 1 aromatic carbocycles. The summed E-state index contributed by atoms with van der Waals surface area (Å²) in [6.07, 6.45) is 1.72. The molecular weight excluding hydrogens is 340 g/mol. The minimum Gasteiger partial charge on any atom is -0.497 e. The Morgan fingerprint density at radius 3 is 2.41 bits per heavy atom. The van der Waals surface area contributed by atoms with Crippen LogP contribution < -0.4 is 19.9 Å². The van der Waals surface area contributed by atoms with Crippen molar-refractivity contribution in [1.29, 1.82) is 0 Å². The normalized spacial score (nSPS) is 14.4. The molecule has 3 rings (SSSR count). The van der Waals surface area contributed by atoms with E-state index in [1.165, 1.54) is 5.69 Å². The zero-order valence-electron chi connectivity index (χ0n) is 16.3. The van der Waals surface area contributed by atoms with Crippen LogP contribution in [0.4, 0.5) is 11.5 Å². The molecule has 0 spiro atoms. The van der Waals surface area contributed by atoms with Crippen molar-refractivity contribution >= 4 is 17.4 Å². The second-order valence-electron chi connectivity index (χ2n) is 7.18. The van der Waals surface area contributed by atoms with Gasteiger partial charge in [-0.1, -0.05) is 13.8 Å². The lowest BCUT2D eigenvalue weighted by Gasteiger charge is -2.36. The number of aromatic nitrogens is 1. The highest BCUT2D eigenvalue weighted by Crippen LogP contribution is 2.22. The van der Waals surface area contributed by atoms with Gasteiger partial charge in [0, 0.05) is 50.2 Å². The molecule has 1 N–H and O–H groups in total. The lowest BCUT2D eigenvalue weighted by atomic mass is 10.2. The van der Waals surface area contributed by atoms with E-state index in [9.17, 15) is 4.79 Å². The van der Waals surface area contributed by atoms with Gasteiger partial charge in [-0.3, -0.25) is 4.79 Å². The fraction of sp³-hybridized carbons (Fsp3) is 0.429. The largest absolute Gasteiger partial charge is 0.497 e. The number of carbonyl (C=O) groups excluding carboxylic acids is 1. The summed E-state index contributed by atoms with van der Waals surface area (Å²) >= 11 is 0. The van der Waals surface area contributed by atoms with E-state index in [1.54, 1.807) is 19.4 Å². The van der Waals surface area contributed by atoms with Crippen molar-refractivity contribution < 1.29 is 9.53 Å². The molecular formula is C21H28N4O2. The summed E-state index contributed by atoms with van der Waals surface area (Å²) < 4.78 is 5.22. The molecule has 2 aromatic rings.